The van der Waals surface area contributed by atoms with Gasteiger partial charge in [0.1, 0.15) is 17.4 Å². The summed E-state index contributed by atoms with van der Waals surface area (Å²) in [5, 5.41) is 9.67. The second-order valence-corrected chi connectivity index (χ2v) is 6.50. The van der Waals surface area contributed by atoms with E-state index in [1.165, 1.54) is 0 Å². The molecule has 0 unspecified atom stereocenters. The number of hydrogen-bond acceptors (Lipinski definition) is 4. The molecule has 1 aromatic carbocycles. The van der Waals surface area contributed by atoms with Crippen molar-refractivity contribution in [1.82, 2.24) is 9.88 Å². The summed E-state index contributed by atoms with van der Waals surface area (Å²) in [6.45, 7) is 2.78. The van der Waals surface area contributed by atoms with E-state index >= 15 is 0 Å². The number of pyridine rings is 1. The average Bonchev–Trinajstić information content (AvgIpc) is 2.66. The van der Waals surface area contributed by atoms with E-state index in [2.05, 4.69) is 4.98 Å². The summed E-state index contributed by atoms with van der Waals surface area (Å²) in [6.07, 6.45) is 1.33. The van der Waals surface area contributed by atoms with Gasteiger partial charge in [0, 0.05) is 30.2 Å². The first kappa shape index (κ1) is 18.0. The van der Waals surface area contributed by atoms with Crippen LogP contribution in [0.2, 0.25) is 5.02 Å². The van der Waals surface area contributed by atoms with Gasteiger partial charge in [0.25, 0.3) is 11.5 Å². The zero-order chi connectivity index (χ0) is 18.7. The largest absolute Gasteiger partial charge is 0.484 e. The van der Waals surface area contributed by atoms with Gasteiger partial charge in [0.2, 0.25) is 0 Å². The van der Waals surface area contributed by atoms with Crippen molar-refractivity contribution in [2.45, 2.75) is 26.3 Å². The lowest BCUT2D eigenvalue weighted by molar-refractivity contribution is -0.134. The Labute approximate surface area is 156 Å². The number of aromatic amines is 1. The van der Waals surface area contributed by atoms with Gasteiger partial charge in [0.15, 0.2) is 6.61 Å². The zero-order valence-corrected chi connectivity index (χ0v) is 15.1. The number of benzene rings is 1. The van der Waals surface area contributed by atoms with Crippen LogP contribution in [0.1, 0.15) is 29.3 Å². The van der Waals surface area contributed by atoms with Crippen molar-refractivity contribution in [1.29, 1.82) is 5.26 Å². The molecule has 0 spiro atoms. The smallest absolute Gasteiger partial charge is 0.266 e. The Morgan fingerprint density at radius 1 is 1.42 bits per heavy atom. The third-order valence-electron chi connectivity index (χ3n) is 4.44. The van der Waals surface area contributed by atoms with Crippen LogP contribution in [-0.4, -0.2) is 28.9 Å². The monoisotopic (exact) mass is 371 g/mol. The maximum atomic E-state index is 12.5. The molecule has 0 bridgehead atoms. The fourth-order valence-corrected chi connectivity index (χ4v) is 3.20. The van der Waals surface area contributed by atoms with Crippen LogP contribution in [0.5, 0.6) is 5.75 Å². The number of rotatable bonds is 4. The van der Waals surface area contributed by atoms with Gasteiger partial charge in [-0.05, 0) is 41.8 Å². The number of nitrogens with one attached hydrogen (secondary N) is 1. The fourth-order valence-electron chi connectivity index (χ4n) is 2.95. The lowest BCUT2D eigenvalue weighted by Crippen LogP contribution is -2.39. The number of nitrogens with zero attached hydrogens (tertiary/aromatic N) is 2. The minimum Gasteiger partial charge on any atom is -0.484 e. The van der Waals surface area contributed by atoms with Crippen molar-refractivity contribution in [3.8, 4) is 11.8 Å². The van der Waals surface area contributed by atoms with E-state index in [0.717, 1.165) is 23.2 Å². The van der Waals surface area contributed by atoms with Gasteiger partial charge >= 0.3 is 0 Å². The van der Waals surface area contributed by atoms with Gasteiger partial charge in [0.05, 0.1) is 0 Å². The van der Waals surface area contributed by atoms with Crippen LogP contribution in [0.3, 0.4) is 0 Å². The van der Waals surface area contributed by atoms with Crippen molar-refractivity contribution in [3.63, 3.8) is 0 Å². The zero-order valence-electron chi connectivity index (χ0n) is 14.3. The van der Waals surface area contributed by atoms with Gasteiger partial charge in [-0.3, -0.25) is 9.59 Å². The van der Waals surface area contributed by atoms with Crippen molar-refractivity contribution in [2.24, 2.45) is 0 Å². The number of halogens is 1. The van der Waals surface area contributed by atoms with Crippen LogP contribution in [0, 0.1) is 11.3 Å². The molecular weight excluding hydrogens is 354 g/mol. The summed E-state index contributed by atoms with van der Waals surface area (Å²) in [5.41, 5.74) is 2.22. The number of fused-ring (bicyclic) bond motifs is 1. The number of ether oxygens (including phenoxy) is 1. The van der Waals surface area contributed by atoms with Gasteiger partial charge in [-0.25, -0.2) is 0 Å². The number of aromatic nitrogens is 1. The maximum Gasteiger partial charge on any atom is 0.266 e. The molecule has 3 rings (SSSR count). The van der Waals surface area contributed by atoms with E-state index in [-0.39, 0.29) is 23.6 Å². The third kappa shape index (κ3) is 3.73. The molecule has 1 amide bonds. The molecule has 0 saturated carbocycles. The molecule has 0 radical (unpaired) electrons. The Hall–Kier alpha value is -2.78. The highest BCUT2D eigenvalue weighted by Gasteiger charge is 2.22. The summed E-state index contributed by atoms with van der Waals surface area (Å²) in [4.78, 5) is 28.5. The number of amides is 1. The predicted octanol–water partition coefficient (Wildman–Crippen LogP) is 2.43. The van der Waals surface area contributed by atoms with E-state index in [9.17, 15) is 9.59 Å². The van der Waals surface area contributed by atoms with Crippen LogP contribution >= 0.6 is 11.6 Å². The van der Waals surface area contributed by atoms with Gasteiger partial charge in [-0.1, -0.05) is 18.5 Å². The topological polar surface area (TPSA) is 86.2 Å². The number of nitriles is 1. The molecule has 1 aliphatic heterocycles. The molecule has 2 heterocycles. The Bertz CT molecular complexity index is 946. The van der Waals surface area contributed by atoms with E-state index in [4.69, 9.17) is 21.6 Å². The van der Waals surface area contributed by atoms with Crippen molar-refractivity contribution in [2.75, 3.05) is 13.2 Å². The maximum absolute atomic E-state index is 12.5. The Morgan fingerprint density at radius 2 is 2.23 bits per heavy atom. The van der Waals surface area contributed by atoms with Crippen LogP contribution < -0.4 is 10.3 Å². The van der Waals surface area contributed by atoms with E-state index in [1.807, 2.05) is 19.1 Å². The average molecular weight is 372 g/mol. The van der Waals surface area contributed by atoms with E-state index in [0.29, 0.717) is 30.3 Å². The standard InChI is InChI=1S/C19H18ClN3O3/c1-2-12-8-15(3-4-16(12)20)26-11-18(24)23-6-5-17-14(10-23)7-13(9-21)19(25)22-17/h3-4,7-8H,2,5-6,10-11H2,1H3,(H,22,25). The summed E-state index contributed by atoms with van der Waals surface area (Å²) < 4.78 is 5.61. The Balaban J connectivity index is 1.66. The van der Waals surface area contributed by atoms with Crippen molar-refractivity contribution < 1.29 is 9.53 Å². The molecule has 2 aromatic rings. The first-order valence-electron chi connectivity index (χ1n) is 8.36. The third-order valence-corrected chi connectivity index (χ3v) is 4.81. The number of carbonyl (C=O) groups is 1. The molecular formula is C19H18ClN3O3. The quantitative estimate of drug-likeness (QED) is 0.894. The molecule has 7 heteroatoms. The second kappa shape index (κ2) is 7.63. The predicted molar refractivity (Wildman–Crippen MR) is 97.2 cm³/mol. The number of H-pyrrole nitrogens is 1. The number of hydrogen-bond donors (Lipinski definition) is 1. The van der Waals surface area contributed by atoms with Crippen molar-refractivity contribution >= 4 is 17.5 Å². The molecule has 26 heavy (non-hydrogen) atoms. The molecule has 6 nitrogen and oxygen atoms in total. The van der Waals surface area contributed by atoms with Gasteiger partial charge in [-0.2, -0.15) is 5.26 Å². The van der Waals surface area contributed by atoms with Crippen molar-refractivity contribution in [3.05, 3.63) is 62.0 Å². The van der Waals surface area contributed by atoms with E-state index in [1.54, 1.807) is 23.1 Å². The Kier molecular flexibility index (Phi) is 5.29. The van der Waals surface area contributed by atoms with Crippen LogP contribution in [0.15, 0.2) is 29.1 Å². The molecule has 1 N–H and O–H groups in total. The van der Waals surface area contributed by atoms with Crippen LogP contribution in [0.25, 0.3) is 0 Å². The summed E-state index contributed by atoms with van der Waals surface area (Å²) >= 11 is 6.09. The molecule has 1 aliphatic rings. The van der Waals surface area contributed by atoms with Gasteiger partial charge < -0.3 is 14.6 Å². The lowest BCUT2D eigenvalue weighted by Gasteiger charge is -2.28. The van der Waals surface area contributed by atoms with Gasteiger partial charge in [-0.15, -0.1) is 0 Å². The summed E-state index contributed by atoms with van der Waals surface area (Å²) in [5.74, 6) is 0.460. The highest BCUT2D eigenvalue weighted by atomic mass is 35.5. The van der Waals surface area contributed by atoms with Crippen LogP contribution in [-0.2, 0) is 24.2 Å². The Morgan fingerprint density at radius 3 is 2.96 bits per heavy atom. The van der Waals surface area contributed by atoms with E-state index < -0.39 is 0 Å². The number of aryl methyl sites for hydroxylation is 1. The summed E-state index contributed by atoms with van der Waals surface area (Å²) in [6, 6.07) is 8.77. The molecule has 0 atom stereocenters. The minimum atomic E-state index is -0.385. The highest BCUT2D eigenvalue weighted by Crippen LogP contribution is 2.23. The second-order valence-electron chi connectivity index (χ2n) is 6.09. The molecule has 0 saturated heterocycles. The number of carbonyl (C=O) groups excluding carboxylic acids is 1. The SMILES string of the molecule is CCc1cc(OCC(=O)N2CCc3[nH]c(=O)c(C#N)cc3C2)ccc1Cl. The molecule has 0 aliphatic carbocycles. The normalized spacial score (nSPS) is 13.0. The summed E-state index contributed by atoms with van der Waals surface area (Å²) in [7, 11) is 0. The minimum absolute atomic E-state index is 0.0579. The fraction of sp³-hybridized carbons (Fsp3) is 0.316. The molecule has 0 fully saturated rings. The first-order chi connectivity index (χ1) is 12.5. The first-order valence-corrected chi connectivity index (χ1v) is 8.73. The lowest BCUT2D eigenvalue weighted by atomic mass is 10.0. The van der Waals surface area contributed by atoms with Crippen LogP contribution in [0.4, 0.5) is 0 Å². The highest BCUT2D eigenvalue weighted by molar-refractivity contribution is 6.31. The molecule has 134 valence electrons. The molecule has 1 aromatic heterocycles.